The van der Waals surface area contributed by atoms with Gasteiger partial charge in [-0.05, 0) is 51.8 Å². The van der Waals surface area contributed by atoms with E-state index in [4.69, 9.17) is 9.47 Å². The molecule has 0 fully saturated rings. The van der Waals surface area contributed by atoms with Gasteiger partial charge in [-0.15, -0.1) is 0 Å². The van der Waals surface area contributed by atoms with Crippen LogP contribution in [0.5, 0.6) is 11.5 Å². The summed E-state index contributed by atoms with van der Waals surface area (Å²) in [7, 11) is 2.98. The number of carbonyl (C=O) groups excluding carboxylic acids is 2. The van der Waals surface area contributed by atoms with E-state index < -0.39 is 23.8 Å². The van der Waals surface area contributed by atoms with E-state index in [0.29, 0.717) is 27.1 Å². The van der Waals surface area contributed by atoms with Crippen molar-refractivity contribution in [1.82, 2.24) is 10.6 Å². The topological polar surface area (TPSA) is 114 Å². The maximum absolute atomic E-state index is 13.3. The van der Waals surface area contributed by atoms with Crippen molar-refractivity contribution in [2.45, 2.75) is 12.5 Å². The highest BCUT2D eigenvalue weighted by atomic mass is 79.9. The zero-order chi connectivity index (χ0) is 26.1. The minimum absolute atomic E-state index is 0.0687. The molecule has 2 amide bonds. The Labute approximate surface area is 217 Å². The average molecular weight is 553 g/mol. The summed E-state index contributed by atoms with van der Waals surface area (Å²) < 4.78 is 11.2. The molecule has 3 N–H and O–H groups in total. The normalized spacial score (nSPS) is 11.8. The van der Waals surface area contributed by atoms with Crippen molar-refractivity contribution in [3.8, 4) is 11.5 Å². The fourth-order valence-corrected chi connectivity index (χ4v) is 3.84. The number of rotatable bonds is 10. The van der Waals surface area contributed by atoms with E-state index in [1.807, 2.05) is 6.07 Å². The Morgan fingerprint density at radius 3 is 2.31 bits per heavy atom. The van der Waals surface area contributed by atoms with Gasteiger partial charge in [-0.25, -0.2) is 4.79 Å². The Balaban J connectivity index is 1.96. The van der Waals surface area contributed by atoms with Crippen LogP contribution in [0.1, 0.15) is 21.5 Å². The van der Waals surface area contributed by atoms with E-state index in [-0.39, 0.29) is 12.1 Å². The number of carboxylic acids is 1. The van der Waals surface area contributed by atoms with Crippen LogP contribution >= 0.6 is 15.9 Å². The van der Waals surface area contributed by atoms with E-state index in [1.54, 1.807) is 66.7 Å². The summed E-state index contributed by atoms with van der Waals surface area (Å²) in [4.78, 5) is 38.2. The van der Waals surface area contributed by atoms with Crippen molar-refractivity contribution in [3.63, 3.8) is 0 Å². The third kappa shape index (κ3) is 6.96. The number of hydrogen-bond donors (Lipinski definition) is 3. The van der Waals surface area contributed by atoms with Crippen LogP contribution in [-0.4, -0.2) is 43.2 Å². The van der Waals surface area contributed by atoms with Crippen LogP contribution in [0.25, 0.3) is 6.08 Å². The summed E-state index contributed by atoms with van der Waals surface area (Å²) in [6.45, 7) is 0. The Kier molecular flexibility index (Phi) is 9.24. The molecule has 0 unspecified atom stereocenters. The second-order valence-electron chi connectivity index (χ2n) is 7.65. The molecule has 0 spiro atoms. The Morgan fingerprint density at radius 2 is 1.67 bits per heavy atom. The van der Waals surface area contributed by atoms with Crippen LogP contribution in [0.4, 0.5) is 0 Å². The van der Waals surface area contributed by atoms with E-state index in [1.165, 1.54) is 20.3 Å². The maximum atomic E-state index is 13.3. The fraction of sp³-hybridized carbons (Fsp3) is 0.148. The monoisotopic (exact) mass is 552 g/mol. The predicted molar refractivity (Wildman–Crippen MR) is 139 cm³/mol. The van der Waals surface area contributed by atoms with Gasteiger partial charge in [0.05, 0.1) is 19.8 Å². The van der Waals surface area contributed by atoms with Gasteiger partial charge in [0, 0.05) is 22.5 Å². The van der Waals surface area contributed by atoms with Crippen LogP contribution in [0.15, 0.2) is 83.0 Å². The second kappa shape index (κ2) is 12.6. The van der Waals surface area contributed by atoms with E-state index in [9.17, 15) is 19.5 Å². The lowest BCUT2D eigenvalue weighted by Gasteiger charge is -2.17. The van der Waals surface area contributed by atoms with Crippen LogP contribution in [-0.2, 0) is 16.0 Å². The molecule has 9 heteroatoms. The second-order valence-corrected chi connectivity index (χ2v) is 8.51. The number of aliphatic carboxylic acids is 1. The van der Waals surface area contributed by atoms with Gasteiger partial charge < -0.3 is 25.2 Å². The van der Waals surface area contributed by atoms with E-state index >= 15 is 0 Å². The smallest absolute Gasteiger partial charge is 0.326 e. The first-order valence-corrected chi connectivity index (χ1v) is 11.7. The first-order chi connectivity index (χ1) is 17.3. The average Bonchev–Trinajstić information content (AvgIpc) is 2.88. The lowest BCUT2D eigenvalue weighted by Crippen LogP contribution is -2.45. The Bertz CT molecular complexity index is 1280. The van der Waals surface area contributed by atoms with Gasteiger partial charge >= 0.3 is 5.97 Å². The van der Waals surface area contributed by atoms with Crippen molar-refractivity contribution >= 4 is 39.8 Å². The highest BCUT2D eigenvalue weighted by Gasteiger charge is 2.24. The van der Waals surface area contributed by atoms with Gasteiger partial charge in [0.1, 0.15) is 23.2 Å². The van der Waals surface area contributed by atoms with Crippen LogP contribution < -0.4 is 20.1 Å². The molecule has 36 heavy (non-hydrogen) atoms. The summed E-state index contributed by atoms with van der Waals surface area (Å²) in [6.07, 6.45) is 1.49. The SMILES string of the molecule is COc1ccc(/C=C(/NC(=O)c2ccccc2Br)C(=O)N[C@H](Cc2ccccc2)C(=O)O)c(OC)c1. The van der Waals surface area contributed by atoms with E-state index in [0.717, 1.165) is 5.56 Å². The molecule has 0 saturated heterocycles. The van der Waals surface area contributed by atoms with Crippen LogP contribution in [0.2, 0.25) is 0 Å². The predicted octanol–water partition coefficient (Wildman–Crippen LogP) is 4.05. The first kappa shape index (κ1) is 26.5. The van der Waals surface area contributed by atoms with Gasteiger partial charge in [-0.3, -0.25) is 9.59 Å². The third-order valence-electron chi connectivity index (χ3n) is 5.24. The largest absolute Gasteiger partial charge is 0.497 e. The Morgan fingerprint density at radius 1 is 0.972 bits per heavy atom. The number of ether oxygens (including phenoxy) is 2. The van der Waals surface area contributed by atoms with Crippen molar-refractivity contribution in [2.24, 2.45) is 0 Å². The number of nitrogens with one attached hydrogen (secondary N) is 2. The molecular formula is C27H25BrN2O6. The standard InChI is InChI=1S/C27H25BrN2O6/c1-35-19-13-12-18(24(16-19)36-2)15-22(29-25(31)20-10-6-7-11-21(20)28)26(32)30-23(27(33)34)14-17-8-4-3-5-9-17/h3-13,15-16,23H,14H2,1-2H3,(H,29,31)(H,30,32)(H,33,34)/b22-15+/t23-/m1/s1. The molecule has 186 valence electrons. The van der Waals surface area contributed by atoms with Crippen LogP contribution in [0, 0.1) is 0 Å². The number of methoxy groups -OCH3 is 2. The molecule has 3 aromatic carbocycles. The van der Waals surface area contributed by atoms with E-state index in [2.05, 4.69) is 26.6 Å². The zero-order valence-corrected chi connectivity index (χ0v) is 21.2. The summed E-state index contributed by atoms with van der Waals surface area (Å²) in [5.41, 5.74) is 1.37. The van der Waals surface area contributed by atoms with Crippen molar-refractivity contribution < 1.29 is 29.0 Å². The number of carboxylic acid groups (broad SMARTS) is 1. The highest BCUT2D eigenvalue weighted by Crippen LogP contribution is 2.26. The molecule has 0 heterocycles. The van der Waals surface area contributed by atoms with Gasteiger partial charge in [0.15, 0.2) is 0 Å². The lowest BCUT2D eigenvalue weighted by molar-refractivity contribution is -0.141. The highest BCUT2D eigenvalue weighted by molar-refractivity contribution is 9.10. The van der Waals surface area contributed by atoms with Gasteiger partial charge in [-0.2, -0.15) is 0 Å². The van der Waals surface area contributed by atoms with Crippen molar-refractivity contribution in [2.75, 3.05) is 14.2 Å². The zero-order valence-electron chi connectivity index (χ0n) is 19.7. The summed E-state index contributed by atoms with van der Waals surface area (Å²) in [6, 6.07) is 19.4. The minimum Gasteiger partial charge on any atom is -0.497 e. The quantitative estimate of drug-likeness (QED) is 0.327. The molecule has 0 aliphatic rings. The molecule has 0 saturated carbocycles. The lowest BCUT2D eigenvalue weighted by atomic mass is 10.1. The van der Waals surface area contributed by atoms with Gasteiger partial charge in [0.2, 0.25) is 0 Å². The van der Waals surface area contributed by atoms with Crippen molar-refractivity contribution in [1.29, 1.82) is 0 Å². The maximum Gasteiger partial charge on any atom is 0.326 e. The fourth-order valence-electron chi connectivity index (χ4n) is 3.37. The molecule has 0 radical (unpaired) electrons. The molecule has 8 nitrogen and oxygen atoms in total. The number of halogens is 1. The molecular weight excluding hydrogens is 528 g/mol. The van der Waals surface area contributed by atoms with Crippen LogP contribution in [0.3, 0.4) is 0 Å². The minimum atomic E-state index is -1.22. The number of carbonyl (C=O) groups is 3. The summed E-state index contributed by atoms with van der Waals surface area (Å²) in [5.74, 6) is -1.58. The molecule has 3 rings (SSSR count). The third-order valence-corrected chi connectivity index (χ3v) is 5.93. The number of amides is 2. The molecule has 1 atom stereocenters. The first-order valence-electron chi connectivity index (χ1n) is 10.9. The van der Waals surface area contributed by atoms with Gasteiger partial charge in [-0.1, -0.05) is 42.5 Å². The van der Waals surface area contributed by atoms with Gasteiger partial charge in [0.25, 0.3) is 11.8 Å². The molecule has 0 bridgehead atoms. The molecule has 3 aromatic rings. The number of benzene rings is 3. The van der Waals surface area contributed by atoms with Crippen molar-refractivity contribution in [3.05, 3.63) is 99.7 Å². The molecule has 0 aromatic heterocycles. The molecule has 0 aliphatic heterocycles. The molecule has 0 aliphatic carbocycles. The number of hydrogen-bond acceptors (Lipinski definition) is 5. The summed E-state index contributed by atoms with van der Waals surface area (Å²) >= 11 is 3.33. The Hall–Kier alpha value is -4.11. The summed E-state index contributed by atoms with van der Waals surface area (Å²) in [5, 5.41) is 14.9.